The Kier molecular flexibility index (Phi) is 5.51. The summed E-state index contributed by atoms with van der Waals surface area (Å²) in [7, 11) is 0. The van der Waals surface area contributed by atoms with Crippen LogP contribution in [0.5, 0.6) is 0 Å². The van der Waals surface area contributed by atoms with E-state index < -0.39 is 0 Å². The summed E-state index contributed by atoms with van der Waals surface area (Å²) in [5, 5.41) is 0. The number of nitrogens with zero attached hydrogens (tertiary/aromatic N) is 3. The number of morpholine rings is 1. The normalized spacial score (nSPS) is 19.5. The second-order valence-corrected chi connectivity index (χ2v) is 10.9. The molecule has 1 spiro atoms. The molecule has 32 heavy (non-hydrogen) atoms. The fourth-order valence-electron chi connectivity index (χ4n) is 5.26. The fourth-order valence-corrected chi connectivity index (χ4v) is 6.42. The lowest BCUT2D eigenvalue weighted by Crippen LogP contribution is -2.57. The highest BCUT2D eigenvalue weighted by atomic mass is 32.1. The van der Waals surface area contributed by atoms with Crippen molar-refractivity contribution in [2.45, 2.75) is 59.1 Å². The molecule has 0 bridgehead atoms. The van der Waals surface area contributed by atoms with Crippen LogP contribution in [-0.4, -0.2) is 54.3 Å². The summed E-state index contributed by atoms with van der Waals surface area (Å²) in [6.45, 7) is 15.2. The van der Waals surface area contributed by atoms with Gasteiger partial charge in [0, 0.05) is 49.0 Å². The number of rotatable bonds is 2. The van der Waals surface area contributed by atoms with Crippen LogP contribution in [0.2, 0.25) is 0 Å². The van der Waals surface area contributed by atoms with Gasteiger partial charge in [-0.2, -0.15) is 0 Å². The minimum Gasteiger partial charge on any atom is -0.371 e. The lowest BCUT2D eigenvalue weighted by atomic mass is 9.88. The molecule has 0 radical (unpaired) electrons. The van der Waals surface area contributed by atoms with Crippen LogP contribution in [0.15, 0.2) is 23.0 Å². The molecule has 0 amide bonds. The summed E-state index contributed by atoms with van der Waals surface area (Å²) in [6, 6.07) is 7.20. The first kappa shape index (κ1) is 21.8. The van der Waals surface area contributed by atoms with Gasteiger partial charge in [0.25, 0.3) is 0 Å². The van der Waals surface area contributed by atoms with Crippen molar-refractivity contribution in [2.75, 3.05) is 37.7 Å². The molecule has 0 unspecified atom stereocenters. The summed E-state index contributed by atoms with van der Waals surface area (Å²) in [6.07, 6.45) is 2.18. The van der Waals surface area contributed by atoms with E-state index in [2.05, 4.69) is 41.8 Å². The number of benzene rings is 2. The average molecular weight is 452 g/mol. The zero-order valence-electron chi connectivity index (χ0n) is 19.8. The SMILES string of the molecule is Cc1c2nc3ccc(N4CCOC5(CCN(C(C)C)CC5)C4)cc3sc-2c(C)c(=O)c1C. The van der Waals surface area contributed by atoms with Crippen molar-refractivity contribution in [1.82, 2.24) is 9.88 Å². The Morgan fingerprint density at radius 2 is 1.81 bits per heavy atom. The number of fused-ring (bicyclic) bond motifs is 2. The standard InChI is InChI=1S/C26H33N3O2S/c1-16(2)28-10-8-26(9-11-28)15-29(12-13-31-26)20-6-7-21-22(14-20)32-25-19(5)24(30)18(4)17(3)23(25)27-21/h6-7,14,16H,8-13,15H2,1-5H3. The van der Waals surface area contributed by atoms with Crippen LogP contribution in [0.25, 0.3) is 20.8 Å². The molecular formula is C26H33N3O2S. The second kappa shape index (κ2) is 8.08. The number of hydrogen-bond acceptors (Lipinski definition) is 6. The number of hydrogen-bond donors (Lipinski definition) is 0. The molecule has 2 saturated heterocycles. The van der Waals surface area contributed by atoms with Gasteiger partial charge in [0.2, 0.25) is 0 Å². The number of anilines is 1. The predicted molar refractivity (Wildman–Crippen MR) is 134 cm³/mol. The van der Waals surface area contributed by atoms with Gasteiger partial charge >= 0.3 is 0 Å². The molecule has 6 heteroatoms. The summed E-state index contributed by atoms with van der Waals surface area (Å²) in [5.74, 6) is 0. The van der Waals surface area contributed by atoms with Crippen molar-refractivity contribution in [3.05, 3.63) is 45.1 Å². The number of ether oxygens (including phenoxy) is 1. The number of aromatic nitrogens is 1. The van der Waals surface area contributed by atoms with Gasteiger partial charge in [0.05, 0.1) is 33.0 Å². The van der Waals surface area contributed by atoms with Gasteiger partial charge < -0.3 is 14.5 Å². The molecule has 5 nitrogen and oxygen atoms in total. The highest BCUT2D eigenvalue weighted by Gasteiger charge is 2.40. The molecular weight excluding hydrogens is 418 g/mol. The van der Waals surface area contributed by atoms with Crippen LogP contribution in [-0.2, 0) is 4.74 Å². The molecule has 3 aliphatic heterocycles. The molecule has 0 N–H and O–H groups in total. The third kappa shape index (κ3) is 3.62. The Labute approximate surface area is 194 Å². The van der Waals surface area contributed by atoms with E-state index in [4.69, 9.17) is 9.72 Å². The summed E-state index contributed by atoms with van der Waals surface area (Å²) < 4.78 is 7.51. The first-order chi connectivity index (χ1) is 15.3. The van der Waals surface area contributed by atoms with Gasteiger partial charge in [0.1, 0.15) is 0 Å². The lowest BCUT2D eigenvalue weighted by Gasteiger charge is -2.48. The van der Waals surface area contributed by atoms with E-state index in [1.165, 1.54) is 5.69 Å². The molecule has 170 valence electrons. The predicted octanol–water partition coefficient (Wildman–Crippen LogP) is 4.77. The molecule has 2 fully saturated rings. The van der Waals surface area contributed by atoms with Gasteiger partial charge in [-0.05, 0) is 71.2 Å². The molecule has 1 aromatic rings. The van der Waals surface area contributed by atoms with Crippen molar-refractivity contribution in [3.63, 3.8) is 0 Å². The number of likely N-dealkylation sites (tertiary alicyclic amines) is 1. The van der Waals surface area contributed by atoms with E-state index in [1.807, 2.05) is 20.8 Å². The van der Waals surface area contributed by atoms with E-state index in [0.717, 1.165) is 83.1 Å². The maximum atomic E-state index is 12.6. The highest BCUT2D eigenvalue weighted by molar-refractivity contribution is 7.21. The molecule has 0 aromatic heterocycles. The van der Waals surface area contributed by atoms with Crippen molar-refractivity contribution < 1.29 is 4.74 Å². The van der Waals surface area contributed by atoms with Crippen molar-refractivity contribution in [3.8, 4) is 10.6 Å². The van der Waals surface area contributed by atoms with Gasteiger partial charge in [0.15, 0.2) is 5.43 Å². The first-order valence-electron chi connectivity index (χ1n) is 11.8. The Bertz CT molecular complexity index is 1190. The third-order valence-electron chi connectivity index (χ3n) is 7.60. The van der Waals surface area contributed by atoms with E-state index in [1.54, 1.807) is 11.3 Å². The van der Waals surface area contributed by atoms with Gasteiger partial charge in [-0.3, -0.25) is 4.79 Å². The zero-order chi connectivity index (χ0) is 22.6. The summed E-state index contributed by atoms with van der Waals surface area (Å²) in [5.41, 5.74) is 5.93. The van der Waals surface area contributed by atoms with Crippen molar-refractivity contribution in [2.24, 2.45) is 0 Å². The molecule has 0 atom stereocenters. The topological polar surface area (TPSA) is 45.7 Å². The van der Waals surface area contributed by atoms with Crippen LogP contribution in [0.3, 0.4) is 0 Å². The Morgan fingerprint density at radius 1 is 1.06 bits per heavy atom. The fraction of sp³-hybridized carbons (Fsp3) is 0.538. The van der Waals surface area contributed by atoms with Crippen molar-refractivity contribution >= 4 is 27.2 Å². The molecule has 4 aliphatic rings. The summed E-state index contributed by atoms with van der Waals surface area (Å²) in [4.78, 5) is 23.7. The zero-order valence-corrected chi connectivity index (χ0v) is 20.6. The van der Waals surface area contributed by atoms with Crippen LogP contribution < -0.4 is 10.3 Å². The molecule has 0 saturated carbocycles. The quantitative estimate of drug-likeness (QED) is 0.526. The average Bonchev–Trinajstić information content (AvgIpc) is 2.80. The molecule has 1 aliphatic carbocycles. The van der Waals surface area contributed by atoms with E-state index in [0.29, 0.717) is 6.04 Å². The minimum atomic E-state index is -0.0354. The van der Waals surface area contributed by atoms with Gasteiger partial charge in [-0.1, -0.05) is 0 Å². The molecule has 1 aromatic carbocycles. The maximum absolute atomic E-state index is 12.6. The second-order valence-electron chi connectivity index (χ2n) is 9.83. The number of piperidine rings is 1. The first-order valence-corrected chi connectivity index (χ1v) is 12.6. The van der Waals surface area contributed by atoms with Crippen LogP contribution in [0.1, 0.15) is 43.4 Å². The monoisotopic (exact) mass is 451 g/mol. The Balaban J connectivity index is 1.48. The van der Waals surface area contributed by atoms with E-state index in [-0.39, 0.29) is 11.0 Å². The maximum Gasteiger partial charge on any atom is 0.186 e. The van der Waals surface area contributed by atoms with Gasteiger partial charge in [-0.15, -0.1) is 11.3 Å². The Hall–Kier alpha value is -2.02. The summed E-state index contributed by atoms with van der Waals surface area (Å²) >= 11 is 1.70. The van der Waals surface area contributed by atoms with Gasteiger partial charge in [-0.25, -0.2) is 4.98 Å². The minimum absolute atomic E-state index is 0.0354. The van der Waals surface area contributed by atoms with Crippen molar-refractivity contribution in [1.29, 1.82) is 0 Å². The third-order valence-corrected chi connectivity index (χ3v) is 8.85. The Morgan fingerprint density at radius 3 is 2.53 bits per heavy atom. The highest BCUT2D eigenvalue weighted by Crippen LogP contribution is 2.38. The molecule has 5 rings (SSSR count). The molecule has 3 heterocycles. The van der Waals surface area contributed by atoms with Crippen LogP contribution in [0, 0.1) is 20.8 Å². The van der Waals surface area contributed by atoms with Crippen LogP contribution in [0.4, 0.5) is 5.69 Å². The lowest BCUT2D eigenvalue weighted by molar-refractivity contribution is -0.0943. The van der Waals surface area contributed by atoms with E-state index >= 15 is 0 Å². The van der Waals surface area contributed by atoms with E-state index in [9.17, 15) is 4.79 Å². The smallest absolute Gasteiger partial charge is 0.186 e. The largest absolute Gasteiger partial charge is 0.371 e. The van der Waals surface area contributed by atoms with Crippen LogP contribution >= 0.6 is 11.3 Å².